The average molecular weight is 552 g/mol. The highest BCUT2D eigenvalue weighted by Gasteiger charge is 2.67. The molecule has 1 aliphatic carbocycles. The van der Waals surface area contributed by atoms with E-state index < -0.39 is 58.3 Å². The van der Waals surface area contributed by atoms with Crippen molar-refractivity contribution in [2.24, 2.45) is 5.92 Å². The normalized spacial score (nSPS) is 19.5. The number of benzene rings is 2. The Morgan fingerprint density at radius 1 is 1.00 bits per heavy atom. The SMILES string of the molecule is O=C(NCC(F)(F)F)c1cc(NC(=O)[C@H]2[C@H](c3ccc(C(F)(F)F)c(F)c3)C2(Cl)Cl)ccc1Cl. The minimum absolute atomic E-state index is 0.0417. The van der Waals surface area contributed by atoms with Crippen molar-refractivity contribution in [1.29, 1.82) is 0 Å². The Kier molecular flexibility index (Phi) is 7.05. The summed E-state index contributed by atoms with van der Waals surface area (Å²) < 4.78 is 87.4. The maximum Gasteiger partial charge on any atom is 0.419 e. The van der Waals surface area contributed by atoms with Crippen molar-refractivity contribution in [2.45, 2.75) is 22.6 Å². The molecule has 2 aromatic carbocycles. The lowest BCUT2D eigenvalue weighted by Gasteiger charge is -2.11. The summed E-state index contributed by atoms with van der Waals surface area (Å²) in [6.07, 6.45) is -9.57. The number of alkyl halides is 8. The van der Waals surface area contributed by atoms with Crippen molar-refractivity contribution in [1.82, 2.24) is 5.32 Å². The summed E-state index contributed by atoms with van der Waals surface area (Å²) in [6.45, 7) is -1.60. The van der Waals surface area contributed by atoms with Crippen molar-refractivity contribution >= 4 is 52.3 Å². The van der Waals surface area contributed by atoms with Gasteiger partial charge in [0.05, 0.1) is 22.1 Å². The van der Waals surface area contributed by atoms with Crippen LogP contribution in [0.25, 0.3) is 0 Å². The fourth-order valence-corrected chi connectivity index (χ4v) is 4.33. The van der Waals surface area contributed by atoms with Crippen LogP contribution >= 0.6 is 34.8 Å². The summed E-state index contributed by atoms with van der Waals surface area (Å²) in [6, 6.07) is 5.47. The third-order valence-corrected chi connectivity index (χ3v) is 6.19. The van der Waals surface area contributed by atoms with E-state index in [1.807, 2.05) is 0 Å². The quantitative estimate of drug-likeness (QED) is 0.338. The lowest BCUT2D eigenvalue weighted by Crippen LogP contribution is -2.33. The molecule has 0 radical (unpaired) electrons. The van der Waals surface area contributed by atoms with Crippen LogP contribution in [0.3, 0.4) is 0 Å². The van der Waals surface area contributed by atoms with Gasteiger partial charge in [-0.1, -0.05) is 17.7 Å². The number of nitrogens with one attached hydrogen (secondary N) is 2. The molecule has 0 unspecified atom stereocenters. The highest BCUT2D eigenvalue weighted by Crippen LogP contribution is 2.65. The minimum atomic E-state index is -4.92. The smallest absolute Gasteiger partial charge is 0.343 e. The van der Waals surface area contributed by atoms with Crippen LogP contribution < -0.4 is 10.6 Å². The second kappa shape index (κ2) is 9.09. The third-order valence-electron chi connectivity index (χ3n) is 4.92. The number of halogens is 10. The Bertz CT molecular complexity index is 1140. The molecule has 2 atom stereocenters. The van der Waals surface area contributed by atoms with Crippen LogP contribution in [0.15, 0.2) is 36.4 Å². The Labute approximate surface area is 202 Å². The number of carbonyl (C=O) groups excluding carboxylic acids is 2. The summed E-state index contributed by atoms with van der Waals surface area (Å²) in [5.74, 6) is -5.78. The van der Waals surface area contributed by atoms with Gasteiger partial charge >= 0.3 is 12.4 Å². The Morgan fingerprint density at radius 3 is 2.21 bits per heavy atom. The van der Waals surface area contributed by atoms with E-state index in [9.17, 15) is 40.3 Å². The first kappa shape index (κ1) is 26.4. The number of hydrogen-bond acceptors (Lipinski definition) is 2. The van der Waals surface area contributed by atoms with Gasteiger partial charge in [-0.15, -0.1) is 23.2 Å². The summed E-state index contributed by atoms with van der Waals surface area (Å²) in [5, 5.41) is 3.81. The first-order valence-corrected chi connectivity index (χ1v) is 10.4. The molecule has 0 saturated heterocycles. The number of carbonyl (C=O) groups is 2. The molecule has 184 valence electrons. The molecule has 0 aliphatic heterocycles. The Balaban J connectivity index is 1.76. The van der Waals surface area contributed by atoms with Gasteiger partial charge in [-0.2, -0.15) is 26.3 Å². The molecular weight excluding hydrogens is 540 g/mol. The highest BCUT2D eigenvalue weighted by atomic mass is 35.5. The number of rotatable bonds is 5. The Hall–Kier alpha value is -2.24. The van der Waals surface area contributed by atoms with Gasteiger partial charge < -0.3 is 10.6 Å². The van der Waals surface area contributed by atoms with E-state index in [1.54, 1.807) is 5.32 Å². The van der Waals surface area contributed by atoms with E-state index in [4.69, 9.17) is 34.8 Å². The summed E-state index contributed by atoms with van der Waals surface area (Å²) in [7, 11) is 0. The Morgan fingerprint density at radius 2 is 1.65 bits per heavy atom. The van der Waals surface area contributed by atoms with E-state index in [0.717, 1.165) is 18.2 Å². The zero-order valence-electron chi connectivity index (χ0n) is 16.4. The molecule has 4 nitrogen and oxygen atoms in total. The van der Waals surface area contributed by atoms with Crippen LogP contribution in [0.4, 0.5) is 36.4 Å². The van der Waals surface area contributed by atoms with Crippen molar-refractivity contribution in [3.05, 3.63) is 63.9 Å². The molecule has 14 heteroatoms. The van der Waals surface area contributed by atoms with Crippen molar-refractivity contribution < 1.29 is 40.3 Å². The first-order chi connectivity index (χ1) is 15.5. The zero-order chi connectivity index (χ0) is 25.6. The van der Waals surface area contributed by atoms with E-state index in [-0.39, 0.29) is 21.8 Å². The topological polar surface area (TPSA) is 58.2 Å². The first-order valence-electron chi connectivity index (χ1n) is 9.22. The minimum Gasteiger partial charge on any atom is -0.343 e. The summed E-state index contributed by atoms with van der Waals surface area (Å²) in [4.78, 5) is 24.7. The summed E-state index contributed by atoms with van der Waals surface area (Å²) in [5.41, 5.74) is -1.94. The van der Waals surface area contributed by atoms with E-state index >= 15 is 0 Å². The molecule has 3 rings (SSSR count). The van der Waals surface area contributed by atoms with Crippen LogP contribution in [0.5, 0.6) is 0 Å². The lowest BCUT2D eigenvalue weighted by molar-refractivity contribution is -0.140. The number of anilines is 1. The molecule has 1 fully saturated rings. The number of hydrogen-bond donors (Lipinski definition) is 2. The molecule has 1 saturated carbocycles. The highest BCUT2D eigenvalue weighted by molar-refractivity contribution is 6.53. The fourth-order valence-electron chi connectivity index (χ4n) is 3.30. The van der Waals surface area contributed by atoms with E-state index in [1.165, 1.54) is 6.07 Å². The second-order valence-electron chi connectivity index (χ2n) is 7.35. The van der Waals surface area contributed by atoms with Crippen molar-refractivity contribution in [3.63, 3.8) is 0 Å². The molecule has 0 aromatic heterocycles. The fraction of sp³-hybridized carbons (Fsp3) is 0.300. The van der Waals surface area contributed by atoms with E-state index in [0.29, 0.717) is 12.1 Å². The second-order valence-corrected chi connectivity index (χ2v) is 9.20. The van der Waals surface area contributed by atoms with Crippen LogP contribution in [0.2, 0.25) is 5.02 Å². The summed E-state index contributed by atoms with van der Waals surface area (Å²) >= 11 is 18.1. The van der Waals surface area contributed by atoms with E-state index in [2.05, 4.69) is 5.32 Å². The van der Waals surface area contributed by atoms with Gasteiger partial charge in [0.2, 0.25) is 5.91 Å². The number of amides is 2. The van der Waals surface area contributed by atoms with Crippen LogP contribution in [0, 0.1) is 11.7 Å². The van der Waals surface area contributed by atoms with Crippen LogP contribution in [0.1, 0.15) is 27.4 Å². The zero-order valence-corrected chi connectivity index (χ0v) is 18.7. The van der Waals surface area contributed by atoms with Gasteiger partial charge in [0, 0.05) is 11.6 Å². The van der Waals surface area contributed by atoms with Crippen molar-refractivity contribution in [2.75, 3.05) is 11.9 Å². The molecule has 0 bridgehead atoms. The molecule has 2 aromatic rings. The molecular formula is C20H12Cl3F7N2O2. The molecule has 1 aliphatic rings. The third kappa shape index (κ3) is 5.69. The van der Waals surface area contributed by atoms with Crippen molar-refractivity contribution in [3.8, 4) is 0 Å². The van der Waals surface area contributed by atoms with Crippen LogP contribution in [-0.2, 0) is 11.0 Å². The van der Waals surface area contributed by atoms with Gasteiger partial charge in [-0.25, -0.2) is 4.39 Å². The van der Waals surface area contributed by atoms with Gasteiger partial charge in [0.25, 0.3) is 5.91 Å². The molecule has 2 amide bonds. The predicted octanol–water partition coefficient (Wildman–Crippen LogP) is 6.32. The molecule has 2 N–H and O–H groups in total. The molecule has 0 heterocycles. The molecule has 34 heavy (non-hydrogen) atoms. The maximum absolute atomic E-state index is 13.9. The largest absolute Gasteiger partial charge is 0.419 e. The van der Waals surface area contributed by atoms with Gasteiger partial charge in [-0.05, 0) is 35.9 Å². The molecule has 0 spiro atoms. The van der Waals surface area contributed by atoms with Crippen LogP contribution in [-0.4, -0.2) is 28.9 Å². The predicted molar refractivity (Wildman–Crippen MR) is 111 cm³/mol. The average Bonchev–Trinajstić information content (AvgIpc) is 3.28. The van der Waals surface area contributed by atoms with Gasteiger partial charge in [0.15, 0.2) is 0 Å². The standard InChI is InChI=1S/C20H12Cl3F7N2O2/c21-12-4-2-9(6-10(12)16(33)31-7-18(25,26)27)32-17(34)15-14(19(15,22)23)8-1-3-11(13(24)5-8)20(28,29)30/h1-6,14-15H,7H2,(H,31,33)(H,32,34)/t14-,15+/m0/s1. The lowest BCUT2D eigenvalue weighted by atomic mass is 10.1. The maximum atomic E-state index is 13.9. The monoisotopic (exact) mass is 550 g/mol. The van der Waals surface area contributed by atoms with Gasteiger partial charge in [-0.3, -0.25) is 9.59 Å². The van der Waals surface area contributed by atoms with Gasteiger partial charge in [0.1, 0.15) is 16.7 Å².